The molecule has 1 fully saturated rings. The van der Waals surface area contributed by atoms with Gasteiger partial charge in [-0.1, -0.05) is 6.07 Å². The number of nitrogens with one attached hydrogen (secondary N) is 2. The Morgan fingerprint density at radius 2 is 1.80 bits per heavy atom. The summed E-state index contributed by atoms with van der Waals surface area (Å²) in [4.78, 5) is 32.9. The van der Waals surface area contributed by atoms with Gasteiger partial charge in [0.05, 0.1) is 0 Å². The molecule has 158 valence electrons. The molecule has 0 saturated carbocycles. The Bertz CT molecular complexity index is 884. The minimum atomic E-state index is -0.362. The molecule has 2 aromatic rings. The monoisotopic (exact) mass is 411 g/mol. The molecule has 0 atom stereocenters. The zero-order valence-electron chi connectivity index (χ0n) is 16.7. The lowest BCUT2D eigenvalue weighted by molar-refractivity contribution is -0.131. The van der Waals surface area contributed by atoms with Gasteiger partial charge in [-0.15, -0.1) is 0 Å². The maximum Gasteiger partial charge on any atom is 0.319 e. The lowest BCUT2D eigenvalue weighted by Crippen LogP contribution is -2.49. The van der Waals surface area contributed by atoms with E-state index in [2.05, 4.69) is 20.5 Å². The third kappa shape index (κ3) is 4.91. The quantitative estimate of drug-likeness (QED) is 0.778. The van der Waals surface area contributed by atoms with Crippen molar-refractivity contribution in [1.82, 2.24) is 15.2 Å². The van der Waals surface area contributed by atoms with Crippen molar-refractivity contribution < 1.29 is 19.1 Å². The van der Waals surface area contributed by atoms with Crippen LogP contribution in [0.2, 0.25) is 0 Å². The first-order chi connectivity index (χ1) is 14.7. The average molecular weight is 411 g/mol. The van der Waals surface area contributed by atoms with Crippen molar-refractivity contribution in [3.05, 3.63) is 42.6 Å². The summed E-state index contributed by atoms with van der Waals surface area (Å²) in [6.45, 7) is 4.09. The van der Waals surface area contributed by atoms with Crippen molar-refractivity contribution in [2.75, 3.05) is 56.2 Å². The van der Waals surface area contributed by atoms with Gasteiger partial charge in [-0.2, -0.15) is 0 Å². The zero-order valence-corrected chi connectivity index (χ0v) is 16.7. The van der Waals surface area contributed by atoms with E-state index in [4.69, 9.17) is 9.47 Å². The molecular weight excluding hydrogens is 386 g/mol. The van der Waals surface area contributed by atoms with Crippen molar-refractivity contribution in [3.63, 3.8) is 0 Å². The fraction of sp³-hybridized carbons (Fsp3) is 0.381. The van der Waals surface area contributed by atoms with Crippen LogP contribution in [0.3, 0.4) is 0 Å². The largest absolute Gasteiger partial charge is 0.486 e. The maximum absolute atomic E-state index is 12.4. The number of hydrogen-bond acceptors (Lipinski definition) is 6. The number of fused-ring (bicyclic) bond motifs is 1. The van der Waals surface area contributed by atoms with Gasteiger partial charge in [-0.3, -0.25) is 4.79 Å². The molecule has 2 aliphatic heterocycles. The van der Waals surface area contributed by atoms with Crippen molar-refractivity contribution in [3.8, 4) is 11.5 Å². The minimum Gasteiger partial charge on any atom is -0.486 e. The Hall–Kier alpha value is -3.49. The van der Waals surface area contributed by atoms with E-state index < -0.39 is 0 Å². The third-order valence-corrected chi connectivity index (χ3v) is 5.03. The van der Waals surface area contributed by atoms with Gasteiger partial charge in [0.1, 0.15) is 19.0 Å². The summed E-state index contributed by atoms with van der Waals surface area (Å²) >= 11 is 0. The number of hydrogen-bond donors (Lipinski definition) is 2. The van der Waals surface area contributed by atoms with E-state index in [9.17, 15) is 9.59 Å². The summed E-state index contributed by atoms with van der Waals surface area (Å²) in [6, 6.07) is 10.7. The van der Waals surface area contributed by atoms with E-state index >= 15 is 0 Å². The van der Waals surface area contributed by atoms with Crippen LogP contribution in [0, 0.1) is 0 Å². The Kier molecular flexibility index (Phi) is 6.17. The summed E-state index contributed by atoms with van der Waals surface area (Å²) in [7, 11) is 0. The van der Waals surface area contributed by atoms with Gasteiger partial charge in [0.2, 0.25) is 5.91 Å². The second-order valence-electron chi connectivity index (χ2n) is 7.05. The number of rotatable bonds is 5. The van der Waals surface area contributed by atoms with Crippen LogP contribution in [0.15, 0.2) is 42.6 Å². The second-order valence-corrected chi connectivity index (χ2v) is 7.05. The van der Waals surface area contributed by atoms with Crippen LogP contribution in [-0.4, -0.2) is 67.8 Å². The third-order valence-electron chi connectivity index (χ3n) is 5.03. The molecule has 1 aromatic carbocycles. The molecule has 3 heterocycles. The van der Waals surface area contributed by atoms with Crippen LogP contribution in [0.4, 0.5) is 16.3 Å². The predicted octanol–water partition coefficient (Wildman–Crippen LogP) is 1.71. The van der Waals surface area contributed by atoms with Gasteiger partial charge in [0.15, 0.2) is 11.5 Å². The maximum atomic E-state index is 12.4. The Balaban J connectivity index is 1.17. The van der Waals surface area contributed by atoms with E-state index in [0.29, 0.717) is 43.5 Å². The molecule has 4 rings (SSSR count). The van der Waals surface area contributed by atoms with Crippen molar-refractivity contribution in [2.45, 2.75) is 6.42 Å². The molecule has 0 radical (unpaired) electrons. The first-order valence-electron chi connectivity index (χ1n) is 10.1. The van der Waals surface area contributed by atoms with E-state index in [1.165, 1.54) is 0 Å². The summed E-state index contributed by atoms with van der Waals surface area (Å²) in [6.07, 6.45) is 2.03. The smallest absolute Gasteiger partial charge is 0.319 e. The molecule has 0 unspecified atom stereocenters. The highest BCUT2D eigenvalue weighted by molar-refractivity contribution is 5.90. The van der Waals surface area contributed by atoms with Crippen LogP contribution in [0.1, 0.15) is 6.42 Å². The number of amides is 3. The first-order valence-corrected chi connectivity index (χ1v) is 10.1. The topological polar surface area (TPSA) is 96.0 Å². The molecule has 0 aliphatic carbocycles. The Morgan fingerprint density at radius 1 is 1.00 bits per heavy atom. The lowest BCUT2D eigenvalue weighted by atomic mass is 10.2. The molecule has 0 bridgehead atoms. The van der Waals surface area contributed by atoms with E-state index in [1.807, 2.05) is 23.1 Å². The number of carbonyl (C=O) groups is 2. The van der Waals surface area contributed by atoms with E-state index in [0.717, 1.165) is 18.9 Å². The normalized spacial score (nSPS) is 15.5. The van der Waals surface area contributed by atoms with Crippen LogP contribution in [0.25, 0.3) is 0 Å². The summed E-state index contributed by atoms with van der Waals surface area (Å²) in [5.41, 5.74) is 0.605. The van der Waals surface area contributed by atoms with Crippen molar-refractivity contribution in [2.24, 2.45) is 0 Å². The SMILES string of the molecule is O=C(NCCC(=O)N1CCN(c2ccccn2)CC1)Nc1ccc2c(c1)OCCO2. The number of nitrogens with zero attached hydrogens (tertiary/aromatic N) is 3. The summed E-state index contributed by atoms with van der Waals surface area (Å²) in [5.74, 6) is 2.25. The van der Waals surface area contributed by atoms with Crippen molar-refractivity contribution >= 4 is 23.4 Å². The van der Waals surface area contributed by atoms with Crippen LogP contribution >= 0.6 is 0 Å². The highest BCUT2D eigenvalue weighted by atomic mass is 16.6. The molecule has 1 aromatic heterocycles. The number of urea groups is 1. The fourth-order valence-corrected chi connectivity index (χ4v) is 3.46. The van der Waals surface area contributed by atoms with Gasteiger partial charge in [-0.25, -0.2) is 9.78 Å². The number of aromatic nitrogens is 1. The summed E-state index contributed by atoms with van der Waals surface area (Å²) in [5, 5.41) is 5.47. The number of anilines is 2. The molecule has 9 heteroatoms. The summed E-state index contributed by atoms with van der Waals surface area (Å²) < 4.78 is 11.0. The first kappa shape index (κ1) is 19.8. The number of pyridine rings is 1. The zero-order chi connectivity index (χ0) is 20.8. The van der Waals surface area contributed by atoms with Crippen LogP contribution < -0.4 is 25.0 Å². The molecule has 3 amide bonds. The van der Waals surface area contributed by atoms with Crippen LogP contribution in [0.5, 0.6) is 11.5 Å². The number of piperazine rings is 1. The molecular formula is C21H25N5O4. The molecule has 9 nitrogen and oxygen atoms in total. The number of benzene rings is 1. The minimum absolute atomic E-state index is 0.0373. The van der Waals surface area contributed by atoms with E-state index in [1.54, 1.807) is 24.4 Å². The van der Waals surface area contributed by atoms with Gasteiger partial charge >= 0.3 is 6.03 Å². The highest BCUT2D eigenvalue weighted by Gasteiger charge is 2.21. The molecule has 30 heavy (non-hydrogen) atoms. The lowest BCUT2D eigenvalue weighted by Gasteiger charge is -2.35. The molecule has 2 aliphatic rings. The number of ether oxygens (including phenoxy) is 2. The predicted molar refractivity (Wildman–Crippen MR) is 112 cm³/mol. The van der Waals surface area contributed by atoms with E-state index in [-0.39, 0.29) is 24.9 Å². The highest BCUT2D eigenvalue weighted by Crippen LogP contribution is 2.32. The van der Waals surface area contributed by atoms with Crippen LogP contribution in [-0.2, 0) is 4.79 Å². The molecule has 0 spiro atoms. The van der Waals surface area contributed by atoms with Gasteiger partial charge in [0.25, 0.3) is 0 Å². The standard InChI is InChI=1S/C21H25N5O4/c27-20(26-11-9-25(10-12-26)19-3-1-2-7-22-19)6-8-23-21(28)24-16-4-5-17-18(15-16)30-14-13-29-17/h1-5,7,15H,6,8-14H2,(H2,23,24,28). The Morgan fingerprint density at radius 3 is 2.57 bits per heavy atom. The second kappa shape index (κ2) is 9.34. The average Bonchev–Trinajstić information content (AvgIpc) is 2.79. The van der Waals surface area contributed by atoms with Crippen molar-refractivity contribution in [1.29, 1.82) is 0 Å². The molecule has 1 saturated heterocycles. The fourth-order valence-electron chi connectivity index (χ4n) is 3.46. The van der Waals surface area contributed by atoms with Gasteiger partial charge in [-0.05, 0) is 24.3 Å². The Labute approximate surface area is 175 Å². The van der Waals surface area contributed by atoms with Gasteiger partial charge in [0, 0.05) is 57.1 Å². The number of carbonyl (C=O) groups excluding carboxylic acids is 2. The molecule has 2 N–H and O–H groups in total. The van der Waals surface area contributed by atoms with Gasteiger partial charge < -0.3 is 29.9 Å².